The SMILES string of the molecule is COc1ccc2c(c1)OC(C)(C)CC2Nc1ncnc2c1c(C)nn2C. The van der Waals surface area contributed by atoms with Crippen LogP contribution in [0.2, 0.25) is 0 Å². The fourth-order valence-electron chi connectivity index (χ4n) is 3.64. The molecule has 0 amide bonds. The summed E-state index contributed by atoms with van der Waals surface area (Å²) in [4.78, 5) is 8.85. The molecular formula is C19H23N5O2. The van der Waals surface area contributed by atoms with Crippen LogP contribution in [-0.2, 0) is 7.05 Å². The number of aryl methyl sites for hydroxylation is 2. The number of fused-ring (bicyclic) bond motifs is 2. The lowest BCUT2D eigenvalue weighted by atomic mass is 9.89. The second kappa shape index (κ2) is 5.86. The molecule has 0 spiro atoms. The van der Waals surface area contributed by atoms with Crippen molar-refractivity contribution in [3.63, 3.8) is 0 Å². The molecule has 4 rings (SSSR count). The molecule has 26 heavy (non-hydrogen) atoms. The van der Waals surface area contributed by atoms with Gasteiger partial charge in [-0.2, -0.15) is 5.10 Å². The summed E-state index contributed by atoms with van der Waals surface area (Å²) in [5.41, 5.74) is 2.53. The molecule has 0 aliphatic carbocycles. The molecule has 7 heteroatoms. The van der Waals surface area contributed by atoms with E-state index in [1.165, 1.54) is 0 Å². The van der Waals surface area contributed by atoms with Crippen molar-refractivity contribution < 1.29 is 9.47 Å². The maximum Gasteiger partial charge on any atom is 0.163 e. The summed E-state index contributed by atoms with van der Waals surface area (Å²) < 4.78 is 13.3. The van der Waals surface area contributed by atoms with Crippen LogP contribution in [0.4, 0.5) is 5.82 Å². The monoisotopic (exact) mass is 353 g/mol. The second-order valence-electron chi connectivity index (χ2n) is 7.30. The lowest BCUT2D eigenvalue weighted by molar-refractivity contribution is 0.0755. The van der Waals surface area contributed by atoms with Gasteiger partial charge in [0.25, 0.3) is 0 Å². The smallest absolute Gasteiger partial charge is 0.163 e. The first kappa shape index (κ1) is 16.6. The summed E-state index contributed by atoms with van der Waals surface area (Å²) in [7, 11) is 3.56. The highest BCUT2D eigenvalue weighted by molar-refractivity contribution is 5.89. The summed E-state index contributed by atoms with van der Waals surface area (Å²) in [6, 6.07) is 6.02. The minimum atomic E-state index is -0.298. The number of rotatable bonds is 3. The quantitative estimate of drug-likeness (QED) is 0.778. The van der Waals surface area contributed by atoms with Crippen molar-refractivity contribution >= 4 is 16.9 Å². The first-order valence-corrected chi connectivity index (χ1v) is 8.66. The number of hydrogen-bond donors (Lipinski definition) is 1. The Hall–Kier alpha value is -2.83. The molecule has 1 unspecified atom stereocenters. The van der Waals surface area contributed by atoms with Gasteiger partial charge >= 0.3 is 0 Å². The standard InChI is InChI=1S/C19H23N5O2/c1-11-16-17(20-10-21-18(16)24(4)23-11)22-14-9-19(2,3)26-15-8-12(25-5)6-7-13(14)15/h6-8,10,14H,9H2,1-5H3,(H,20,21,22). The Morgan fingerprint density at radius 1 is 1.31 bits per heavy atom. The highest BCUT2D eigenvalue weighted by Crippen LogP contribution is 2.43. The molecule has 1 aliphatic heterocycles. The van der Waals surface area contributed by atoms with Gasteiger partial charge < -0.3 is 14.8 Å². The third kappa shape index (κ3) is 2.73. The lowest BCUT2D eigenvalue weighted by Gasteiger charge is -2.38. The van der Waals surface area contributed by atoms with Crippen LogP contribution in [-0.4, -0.2) is 32.5 Å². The van der Waals surface area contributed by atoms with Crippen molar-refractivity contribution in [3.05, 3.63) is 35.8 Å². The number of nitrogens with zero attached hydrogens (tertiary/aromatic N) is 4. The van der Waals surface area contributed by atoms with Crippen LogP contribution in [0.1, 0.15) is 37.6 Å². The zero-order valence-corrected chi connectivity index (χ0v) is 15.7. The summed E-state index contributed by atoms with van der Waals surface area (Å²) in [5, 5.41) is 9.03. The molecule has 3 aromatic rings. The Morgan fingerprint density at radius 2 is 2.12 bits per heavy atom. The van der Waals surface area contributed by atoms with E-state index in [-0.39, 0.29) is 11.6 Å². The summed E-state index contributed by atoms with van der Waals surface area (Å²) in [6.07, 6.45) is 2.39. The predicted octanol–water partition coefficient (Wildman–Crippen LogP) is 3.39. The van der Waals surface area contributed by atoms with Crippen molar-refractivity contribution in [2.45, 2.75) is 38.8 Å². The molecule has 0 fully saturated rings. The molecule has 2 aromatic heterocycles. The zero-order valence-electron chi connectivity index (χ0n) is 15.7. The van der Waals surface area contributed by atoms with Gasteiger partial charge in [0.2, 0.25) is 0 Å². The van der Waals surface area contributed by atoms with Crippen LogP contribution in [0.25, 0.3) is 11.0 Å². The van der Waals surface area contributed by atoms with Crippen LogP contribution < -0.4 is 14.8 Å². The van der Waals surface area contributed by atoms with E-state index in [4.69, 9.17) is 9.47 Å². The van der Waals surface area contributed by atoms with E-state index >= 15 is 0 Å². The maximum atomic E-state index is 6.18. The molecule has 0 saturated carbocycles. The highest BCUT2D eigenvalue weighted by Gasteiger charge is 2.34. The Balaban J connectivity index is 1.78. The summed E-state index contributed by atoms with van der Waals surface area (Å²) in [6.45, 7) is 6.16. The molecule has 136 valence electrons. The van der Waals surface area contributed by atoms with Crippen LogP contribution in [0, 0.1) is 6.92 Å². The summed E-state index contributed by atoms with van der Waals surface area (Å²) >= 11 is 0. The number of aromatic nitrogens is 4. The Kier molecular flexibility index (Phi) is 3.75. The first-order valence-electron chi connectivity index (χ1n) is 8.66. The van der Waals surface area contributed by atoms with Crippen LogP contribution in [0.15, 0.2) is 24.5 Å². The largest absolute Gasteiger partial charge is 0.497 e. The molecule has 0 radical (unpaired) electrons. The zero-order chi connectivity index (χ0) is 18.5. The van der Waals surface area contributed by atoms with E-state index in [0.29, 0.717) is 0 Å². The van der Waals surface area contributed by atoms with Gasteiger partial charge in [-0.1, -0.05) is 0 Å². The van der Waals surface area contributed by atoms with Gasteiger partial charge in [0.1, 0.15) is 29.2 Å². The number of benzene rings is 1. The van der Waals surface area contributed by atoms with E-state index in [1.54, 1.807) is 18.1 Å². The molecular weight excluding hydrogens is 330 g/mol. The average Bonchev–Trinajstić information content (AvgIpc) is 2.88. The van der Waals surface area contributed by atoms with Crippen LogP contribution >= 0.6 is 0 Å². The Labute approximate surface area is 152 Å². The molecule has 3 heterocycles. The average molecular weight is 353 g/mol. The van der Waals surface area contributed by atoms with Crippen LogP contribution in [0.3, 0.4) is 0 Å². The summed E-state index contributed by atoms with van der Waals surface area (Å²) in [5.74, 6) is 2.42. The number of hydrogen-bond acceptors (Lipinski definition) is 6. The van der Waals surface area contributed by atoms with Crippen molar-refractivity contribution in [1.29, 1.82) is 0 Å². The molecule has 0 bridgehead atoms. The van der Waals surface area contributed by atoms with Crippen molar-refractivity contribution in [2.24, 2.45) is 7.05 Å². The number of ether oxygens (including phenoxy) is 2. The van der Waals surface area contributed by atoms with E-state index in [9.17, 15) is 0 Å². The molecule has 1 aliphatic rings. The molecule has 0 saturated heterocycles. The van der Waals surface area contributed by atoms with Gasteiger partial charge in [-0.05, 0) is 32.9 Å². The van der Waals surface area contributed by atoms with Gasteiger partial charge in [-0.3, -0.25) is 4.68 Å². The van der Waals surface area contributed by atoms with Crippen LogP contribution in [0.5, 0.6) is 11.5 Å². The Morgan fingerprint density at radius 3 is 2.88 bits per heavy atom. The molecule has 1 N–H and O–H groups in total. The van der Waals surface area contributed by atoms with Gasteiger partial charge in [0, 0.05) is 25.1 Å². The first-order chi connectivity index (χ1) is 12.4. The van der Waals surface area contributed by atoms with Gasteiger partial charge in [0.15, 0.2) is 5.65 Å². The van der Waals surface area contributed by atoms with Crippen molar-refractivity contribution in [2.75, 3.05) is 12.4 Å². The molecule has 1 atom stereocenters. The van der Waals surface area contributed by atoms with Crippen molar-refractivity contribution in [3.8, 4) is 11.5 Å². The lowest BCUT2D eigenvalue weighted by Crippen LogP contribution is -2.37. The fourth-order valence-corrected chi connectivity index (χ4v) is 3.64. The van der Waals surface area contributed by atoms with E-state index in [2.05, 4.69) is 40.3 Å². The van der Waals surface area contributed by atoms with E-state index < -0.39 is 0 Å². The highest BCUT2D eigenvalue weighted by atomic mass is 16.5. The van der Waals surface area contributed by atoms with E-state index in [0.717, 1.165) is 46.0 Å². The topological polar surface area (TPSA) is 74.1 Å². The predicted molar refractivity (Wildman–Crippen MR) is 99.7 cm³/mol. The number of methoxy groups -OCH3 is 1. The third-order valence-electron chi connectivity index (χ3n) is 4.78. The number of anilines is 1. The normalized spacial score (nSPS) is 18.3. The maximum absolute atomic E-state index is 6.18. The third-order valence-corrected chi connectivity index (χ3v) is 4.78. The Bertz CT molecular complexity index is 979. The van der Waals surface area contributed by atoms with Gasteiger partial charge in [-0.15, -0.1) is 0 Å². The second-order valence-corrected chi connectivity index (χ2v) is 7.30. The van der Waals surface area contributed by atoms with E-state index in [1.807, 2.05) is 26.1 Å². The van der Waals surface area contributed by atoms with Gasteiger partial charge in [0.05, 0.1) is 24.2 Å². The molecule has 1 aromatic carbocycles. The number of nitrogens with one attached hydrogen (secondary N) is 1. The minimum Gasteiger partial charge on any atom is -0.497 e. The van der Waals surface area contributed by atoms with Gasteiger partial charge in [-0.25, -0.2) is 9.97 Å². The fraction of sp³-hybridized carbons (Fsp3) is 0.421. The van der Waals surface area contributed by atoms with Crippen molar-refractivity contribution in [1.82, 2.24) is 19.7 Å². The molecule has 7 nitrogen and oxygen atoms in total. The minimum absolute atomic E-state index is 0.0670.